The molecule has 0 bridgehead atoms. The molecule has 3 rings (SSSR count). The fourth-order valence-electron chi connectivity index (χ4n) is 3.96. The lowest BCUT2D eigenvalue weighted by Crippen LogP contribution is -2.51. The van der Waals surface area contributed by atoms with Crippen molar-refractivity contribution < 1.29 is 34.4 Å². The standard InChI is InChI=1S/C19H30N4O5.CH2O2/c24-13-19(3-9-28-10-4-19)18(27)22-15-11-14(12-16(15)25)17(26)20-5-1-7-23-8-2-6-21-23;2-1-3/h2,6,8,14-16,24-25H,1,3-5,7,9-13H2,(H,20,26)(H,22,27);1H,(H,2,3)/t14-,15+,16+;/m0./s1. The summed E-state index contributed by atoms with van der Waals surface area (Å²) in [4.78, 5) is 33.5. The lowest BCUT2D eigenvalue weighted by atomic mass is 9.80. The third-order valence-electron chi connectivity index (χ3n) is 5.87. The van der Waals surface area contributed by atoms with Gasteiger partial charge in [-0.1, -0.05) is 0 Å². The highest BCUT2D eigenvalue weighted by Gasteiger charge is 2.43. The molecule has 0 unspecified atom stereocenters. The van der Waals surface area contributed by atoms with Gasteiger partial charge in [0.2, 0.25) is 11.8 Å². The molecule has 31 heavy (non-hydrogen) atoms. The Bertz CT molecular complexity index is 692. The summed E-state index contributed by atoms with van der Waals surface area (Å²) in [5.41, 5.74) is -0.856. The molecule has 11 nitrogen and oxygen atoms in total. The molecular formula is C20H32N4O7. The van der Waals surface area contributed by atoms with Crippen molar-refractivity contribution >= 4 is 18.3 Å². The van der Waals surface area contributed by atoms with Crippen molar-refractivity contribution in [2.24, 2.45) is 11.3 Å². The smallest absolute Gasteiger partial charge is 0.290 e. The average molecular weight is 440 g/mol. The fraction of sp³-hybridized carbons (Fsp3) is 0.700. The summed E-state index contributed by atoms with van der Waals surface area (Å²) in [6.45, 7) is 1.64. The average Bonchev–Trinajstić information content (AvgIpc) is 3.42. The maximum Gasteiger partial charge on any atom is 0.290 e. The van der Waals surface area contributed by atoms with Crippen LogP contribution in [0.4, 0.5) is 0 Å². The van der Waals surface area contributed by atoms with Crippen molar-refractivity contribution in [2.45, 2.75) is 50.8 Å². The van der Waals surface area contributed by atoms with E-state index >= 15 is 0 Å². The van der Waals surface area contributed by atoms with Gasteiger partial charge in [-0.2, -0.15) is 5.10 Å². The normalized spacial score (nSPS) is 24.5. The topological polar surface area (TPSA) is 163 Å². The Morgan fingerprint density at radius 3 is 2.61 bits per heavy atom. The van der Waals surface area contributed by atoms with E-state index in [-0.39, 0.29) is 30.8 Å². The third kappa shape index (κ3) is 7.01. The molecule has 174 valence electrons. The molecule has 1 saturated heterocycles. The lowest BCUT2D eigenvalue weighted by Gasteiger charge is -2.35. The summed E-state index contributed by atoms with van der Waals surface area (Å²) in [5.74, 6) is -0.688. The lowest BCUT2D eigenvalue weighted by molar-refractivity contribution is -0.141. The molecule has 5 N–H and O–H groups in total. The van der Waals surface area contributed by atoms with E-state index in [1.807, 2.05) is 16.9 Å². The molecule has 1 saturated carbocycles. The van der Waals surface area contributed by atoms with Crippen LogP contribution in [0.1, 0.15) is 32.1 Å². The Balaban J connectivity index is 0.00000107. The van der Waals surface area contributed by atoms with Gasteiger partial charge in [0.25, 0.3) is 6.47 Å². The number of aliphatic hydroxyl groups is 2. The van der Waals surface area contributed by atoms with Crippen LogP contribution in [-0.4, -0.2) is 81.9 Å². The maximum atomic E-state index is 12.7. The number of nitrogens with zero attached hydrogens (tertiary/aromatic N) is 2. The predicted octanol–water partition coefficient (Wildman–Crippen LogP) is -0.865. The highest BCUT2D eigenvalue weighted by molar-refractivity contribution is 5.84. The fourth-order valence-corrected chi connectivity index (χ4v) is 3.96. The van der Waals surface area contributed by atoms with E-state index in [0.29, 0.717) is 45.4 Å². The molecule has 1 aliphatic heterocycles. The van der Waals surface area contributed by atoms with Gasteiger partial charge in [0.1, 0.15) is 0 Å². The Morgan fingerprint density at radius 1 is 1.29 bits per heavy atom. The number of aryl methyl sites for hydroxylation is 1. The van der Waals surface area contributed by atoms with Crippen LogP contribution < -0.4 is 10.6 Å². The first-order valence-electron chi connectivity index (χ1n) is 10.5. The summed E-state index contributed by atoms with van der Waals surface area (Å²) in [6.07, 6.45) is 5.23. The summed E-state index contributed by atoms with van der Waals surface area (Å²) in [7, 11) is 0. The van der Waals surface area contributed by atoms with Gasteiger partial charge in [0.15, 0.2) is 0 Å². The summed E-state index contributed by atoms with van der Waals surface area (Å²) in [5, 5.41) is 36.8. The Morgan fingerprint density at radius 2 is 2.00 bits per heavy atom. The van der Waals surface area contributed by atoms with E-state index < -0.39 is 17.6 Å². The van der Waals surface area contributed by atoms with E-state index in [1.54, 1.807) is 6.20 Å². The van der Waals surface area contributed by atoms with Gasteiger partial charge >= 0.3 is 0 Å². The number of hydrogen-bond acceptors (Lipinski definition) is 7. The molecule has 2 aliphatic rings. The molecule has 1 aliphatic carbocycles. The zero-order valence-electron chi connectivity index (χ0n) is 17.5. The van der Waals surface area contributed by atoms with E-state index in [0.717, 1.165) is 13.0 Å². The molecule has 2 fully saturated rings. The molecule has 1 aromatic rings. The third-order valence-corrected chi connectivity index (χ3v) is 5.87. The van der Waals surface area contributed by atoms with Gasteiger partial charge in [-0.05, 0) is 38.2 Å². The van der Waals surface area contributed by atoms with Gasteiger partial charge in [-0.3, -0.25) is 19.1 Å². The number of ether oxygens (including phenoxy) is 1. The number of nitrogens with one attached hydrogen (secondary N) is 2. The molecule has 3 atom stereocenters. The first-order chi connectivity index (χ1) is 15.0. The second-order valence-electron chi connectivity index (χ2n) is 7.89. The maximum absolute atomic E-state index is 12.7. The number of aromatic nitrogens is 2. The minimum atomic E-state index is -0.856. The van der Waals surface area contributed by atoms with E-state index in [4.69, 9.17) is 14.6 Å². The molecule has 0 aromatic carbocycles. The largest absolute Gasteiger partial charge is 0.483 e. The zero-order valence-corrected chi connectivity index (χ0v) is 17.5. The minimum absolute atomic E-state index is 0.0980. The second-order valence-corrected chi connectivity index (χ2v) is 7.89. The van der Waals surface area contributed by atoms with Crippen LogP contribution >= 0.6 is 0 Å². The van der Waals surface area contributed by atoms with Crippen molar-refractivity contribution in [3.63, 3.8) is 0 Å². The number of carbonyl (C=O) groups is 3. The Kier molecular flexibility index (Phi) is 9.89. The number of carbonyl (C=O) groups excluding carboxylic acids is 2. The van der Waals surface area contributed by atoms with Crippen molar-refractivity contribution in [1.82, 2.24) is 20.4 Å². The highest BCUT2D eigenvalue weighted by atomic mass is 16.5. The number of hydrogen-bond donors (Lipinski definition) is 5. The van der Waals surface area contributed by atoms with Crippen molar-refractivity contribution in [3.05, 3.63) is 18.5 Å². The first-order valence-corrected chi connectivity index (χ1v) is 10.5. The van der Waals surface area contributed by atoms with Crippen LogP contribution in [0.15, 0.2) is 18.5 Å². The van der Waals surface area contributed by atoms with Crippen LogP contribution in [0.5, 0.6) is 0 Å². The van der Waals surface area contributed by atoms with Gasteiger partial charge in [-0.15, -0.1) is 0 Å². The van der Waals surface area contributed by atoms with Crippen molar-refractivity contribution in [1.29, 1.82) is 0 Å². The number of rotatable bonds is 8. The highest BCUT2D eigenvalue weighted by Crippen LogP contribution is 2.32. The van der Waals surface area contributed by atoms with Crippen molar-refractivity contribution in [3.8, 4) is 0 Å². The van der Waals surface area contributed by atoms with Crippen LogP contribution in [-0.2, 0) is 25.7 Å². The Labute approximate surface area is 180 Å². The minimum Gasteiger partial charge on any atom is -0.483 e. The second kappa shape index (κ2) is 12.4. The number of amides is 2. The van der Waals surface area contributed by atoms with Crippen LogP contribution in [0, 0.1) is 11.3 Å². The van der Waals surface area contributed by atoms with Crippen LogP contribution in [0.3, 0.4) is 0 Å². The van der Waals surface area contributed by atoms with Crippen molar-refractivity contribution in [2.75, 3.05) is 26.4 Å². The molecule has 0 radical (unpaired) electrons. The molecule has 0 spiro atoms. The Hall–Kier alpha value is -2.50. The predicted molar refractivity (Wildman–Crippen MR) is 109 cm³/mol. The summed E-state index contributed by atoms with van der Waals surface area (Å²) >= 11 is 0. The quantitative estimate of drug-likeness (QED) is 0.257. The van der Waals surface area contributed by atoms with Gasteiger partial charge < -0.3 is 30.7 Å². The summed E-state index contributed by atoms with van der Waals surface area (Å²) < 4.78 is 7.10. The van der Waals surface area contributed by atoms with Gasteiger partial charge in [-0.25, -0.2) is 0 Å². The zero-order chi connectivity index (χ0) is 22.7. The number of aliphatic hydroxyl groups excluding tert-OH is 2. The molecule has 2 heterocycles. The summed E-state index contributed by atoms with van der Waals surface area (Å²) in [6, 6.07) is 1.38. The van der Waals surface area contributed by atoms with Crippen LogP contribution in [0.2, 0.25) is 0 Å². The molecule has 11 heteroatoms. The van der Waals surface area contributed by atoms with Gasteiger partial charge in [0.05, 0.1) is 24.2 Å². The molecule has 2 amide bonds. The molecular weight excluding hydrogens is 408 g/mol. The SMILES string of the molecule is O=C(NCCCn1cccn1)[C@@H]1C[C@@H](O)[C@H](NC(=O)C2(CO)CCOCC2)C1.O=CO. The molecule has 1 aromatic heterocycles. The van der Waals surface area contributed by atoms with Crippen LogP contribution in [0.25, 0.3) is 0 Å². The van der Waals surface area contributed by atoms with E-state index in [1.165, 1.54) is 0 Å². The monoisotopic (exact) mass is 440 g/mol. The van der Waals surface area contributed by atoms with E-state index in [2.05, 4.69) is 15.7 Å². The van der Waals surface area contributed by atoms with E-state index in [9.17, 15) is 19.8 Å². The first kappa shape index (κ1) is 24.8. The number of carboxylic acid groups (broad SMARTS) is 1. The van der Waals surface area contributed by atoms with Gasteiger partial charge in [0, 0.05) is 44.6 Å².